The Balaban J connectivity index is 2.07. The molecular weight excluding hydrogens is 206 g/mol. The molecule has 1 saturated carbocycles. The fourth-order valence-corrected chi connectivity index (χ4v) is 2.49. The molecule has 0 heterocycles. The summed E-state index contributed by atoms with van der Waals surface area (Å²) in [7, 11) is -0.685. The minimum absolute atomic E-state index is 0.285. The Kier molecular flexibility index (Phi) is 5.83. The van der Waals surface area contributed by atoms with Gasteiger partial charge in [0.2, 0.25) is 0 Å². The molecule has 0 spiro atoms. The molecule has 1 aliphatic carbocycles. The van der Waals surface area contributed by atoms with E-state index in [1.807, 2.05) is 6.92 Å². The van der Waals surface area contributed by atoms with E-state index in [-0.39, 0.29) is 5.25 Å². The molecule has 0 amide bonds. The summed E-state index contributed by atoms with van der Waals surface area (Å²) in [5.41, 5.74) is 0. The number of rotatable bonds is 5. The average Bonchev–Trinajstić information content (AvgIpc) is 2.20. The Morgan fingerprint density at radius 1 is 1.33 bits per heavy atom. The van der Waals surface area contributed by atoms with E-state index in [1.54, 1.807) is 6.26 Å². The van der Waals surface area contributed by atoms with Crippen LogP contribution in [0.2, 0.25) is 0 Å². The summed E-state index contributed by atoms with van der Waals surface area (Å²) in [5.74, 6) is 1.79. The van der Waals surface area contributed by atoms with Crippen molar-refractivity contribution in [3.05, 3.63) is 0 Å². The van der Waals surface area contributed by atoms with Gasteiger partial charge in [-0.2, -0.15) is 0 Å². The van der Waals surface area contributed by atoms with E-state index in [0.717, 1.165) is 24.9 Å². The molecule has 1 aliphatic rings. The number of nitrogens with one attached hydrogen (secondary N) is 1. The first-order valence-corrected chi connectivity index (χ1v) is 7.74. The third kappa shape index (κ3) is 5.12. The molecule has 1 rings (SSSR count). The van der Waals surface area contributed by atoms with E-state index in [0.29, 0.717) is 0 Å². The van der Waals surface area contributed by atoms with Crippen LogP contribution in [0.25, 0.3) is 0 Å². The topological polar surface area (TPSA) is 29.1 Å². The highest BCUT2D eigenvalue weighted by atomic mass is 32.2. The zero-order valence-electron chi connectivity index (χ0n) is 10.3. The highest BCUT2D eigenvalue weighted by Gasteiger charge is 2.17. The number of hydrogen-bond donors (Lipinski definition) is 1. The molecule has 1 N–H and O–H groups in total. The van der Waals surface area contributed by atoms with Crippen molar-refractivity contribution < 1.29 is 4.21 Å². The first-order chi connectivity index (χ1) is 7.09. The van der Waals surface area contributed by atoms with E-state index in [4.69, 9.17) is 0 Å². The molecule has 0 radical (unpaired) electrons. The maximum atomic E-state index is 11.1. The summed E-state index contributed by atoms with van der Waals surface area (Å²) in [6, 6.07) is 0. The summed E-state index contributed by atoms with van der Waals surface area (Å²) in [4.78, 5) is 0. The van der Waals surface area contributed by atoms with Crippen molar-refractivity contribution in [2.75, 3.05) is 19.3 Å². The number of hydrogen-bond acceptors (Lipinski definition) is 2. The second-order valence-corrected chi connectivity index (χ2v) is 6.90. The molecular formula is C12H25NOS. The predicted octanol–water partition coefficient (Wildman–Crippen LogP) is 2.17. The summed E-state index contributed by atoms with van der Waals surface area (Å²) in [5, 5.41) is 3.74. The summed E-state index contributed by atoms with van der Waals surface area (Å²) in [6.45, 7) is 6.42. The Labute approximate surface area is 96.7 Å². The smallest absolute Gasteiger partial charge is 0.0441 e. The van der Waals surface area contributed by atoms with Crippen molar-refractivity contribution in [2.45, 2.75) is 44.8 Å². The molecule has 0 aromatic heterocycles. The summed E-state index contributed by atoms with van der Waals surface area (Å²) in [6.07, 6.45) is 7.31. The van der Waals surface area contributed by atoms with Crippen LogP contribution < -0.4 is 5.32 Å². The standard InChI is InChI=1S/C12H25NOS/c1-10-4-6-12(7-5-10)9-13-8-11(2)15(3)14/h10-13H,4-9H2,1-3H3. The molecule has 0 saturated heterocycles. The Bertz CT molecular complexity index is 200. The van der Waals surface area contributed by atoms with Crippen LogP contribution in [-0.2, 0) is 10.8 Å². The molecule has 3 heteroatoms. The van der Waals surface area contributed by atoms with Gasteiger partial charge in [0.15, 0.2) is 0 Å². The first kappa shape index (κ1) is 13.2. The molecule has 0 aromatic carbocycles. The summed E-state index contributed by atoms with van der Waals surface area (Å²) < 4.78 is 11.1. The average molecular weight is 231 g/mol. The van der Waals surface area contributed by atoms with Gasteiger partial charge in [0.25, 0.3) is 0 Å². The lowest BCUT2D eigenvalue weighted by molar-refractivity contribution is 0.282. The minimum Gasteiger partial charge on any atom is -0.315 e. The monoisotopic (exact) mass is 231 g/mol. The Morgan fingerprint density at radius 3 is 2.47 bits per heavy atom. The van der Waals surface area contributed by atoms with Gasteiger partial charge >= 0.3 is 0 Å². The molecule has 2 unspecified atom stereocenters. The lowest BCUT2D eigenvalue weighted by atomic mass is 9.83. The van der Waals surface area contributed by atoms with Crippen molar-refractivity contribution in [3.63, 3.8) is 0 Å². The van der Waals surface area contributed by atoms with Gasteiger partial charge < -0.3 is 5.32 Å². The van der Waals surface area contributed by atoms with Crippen molar-refractivity contribution in [1.29, 1.82) is 0 Å². The van der Waals surface area contributed by atoms with E-state index >= 15 is 0 Å². The largest absolute Gasteiger partial charge is 0.315 e. The van der Waals surface area contributed by atoms with Crippen LogP contribution in [0.5, 0.6) is 0 Å². The highest BCUT2D eigenvalue weighted by Crippen LogP contribution is 2.27. The van der Waals surface area contributed by atoms with Gasteiger partial charge in [-0.1, -0.05) is 19.8 Å². The lowest BCUT2D eigenvalue weighted by Crippen LogP contribution is -2.32. The van der Waals surface area contributed by atoms with E-state index < -0.39 is 10.8 Å². The van der Waals surface area contributed by atoms with Crippen LogP contribution in [-0.4, -0.2) is 28.8 Å². The lowest BCUT2D eigenvalue weighted by Gasteiger charge is -2.26. The molecule has 15 heavy (non-hydrogen) atoms. The Morgan fingerprint density at radius 2 is 1.93 bits per heavy atom. The molecule has 90 valence electrons. The third-order valence-corrected chi connectivity index (χ3v) is 4.87. The van der Waals surface area contributed by atoms with Crippen LogP contribution in [0.15, 0.2) is 0 Å². The minimum atomic E-state index is -0.685. The molecule has 0 bridgehead atoms. The molecule has 0 aliphatic heterocycles. The normalized spacial score (nSPS) is 31.1. The second-order valence-electron chi connectivity index (χ2n) is 5.09. The Hall–Kier alpha value is 0.110. The predicted molar refractivity (Wildman–Crippen MR) is 67.5 cm³/mol. The molecule has 1 fully saturated rings. The maximum Gasteiger partial charge on any atom is 0.0441 e. The van der Waals surface area contributed by atoms with Gasteiger partial charge in [-0.3, -0.25) is 4.21 Å². The molecule has 2 atom stereocenters. The van der Waals surface area contributed by atoms with Gasteiger partial charge in [-0.25, -0.2) is 0 Å². The van der Waals surface area contributed by atoms with Gasteiger partial charge in [0, 0.05) is 28.9 Å². The zero-order valence-corrected chi connectivity index (χ0v) is 11.1. The molecule has 0 aromatic rings. The zero-order chi connectivity index (χ0) is 11.3. The van der Waals surface area contributed by atoms with Gasteiger partial charge in [0.1, 0.15) is 0 Å². The fraction of sp³-hybridized carbons (Fsp3) is 1.00. The van der Waals surface area contributed by atoms with Crippen LogP contribution >= 0.6 is 0 Å². The van der Waals surface area contributed by atoms with Crippen LogP contribution in [0.3, 0.4) is 0 Å². The fourth-order valence-electron chi connectivity index (χ4n) is 2.14. The third-order valence-electron chi connectivity index (χ3n) is 3.57. The van der Waals surface area contributed by atoms with E-state index in [1.165, 1.54) is 25.7 Å². The first-order valence-electron chi connectivity index (χ1n) is 6.12. The van der Waals surface area contributed by atoms with Gasteiger partial charge in [-0.05, 0) is 38.1 Å². The molecule has 2 nitrogen and oxygen atoms in total. The maximum absolute atomic E-state index is 11.1. The van der Waals surface area contributed by atoms with Crippen molar-refractivity contribution in [3.8, 4) is 0 Å². The quantitative estimate of drug-likeness (QED) is 0.785. The van der Waals surface area contributed by atoms with E-state index in [2.05, 4.69) is 12.2 Å². The van der Waals surface area contributed by atoms with Crippen molar-refractivity contribution in [2.24, 2.45) is 11.8 Å². The van der Waals surface area contributed by atoms with Crippen molar-refractivity contribution in [1.82, 2.24) is 5.32 Å². The SMILES string of the molecule is CC1CCC(CNCC(C)S(C)=O)CC1. The van der Waals surface area contributed by atoms with Crippen LogP contribution in [0.4, 0.5) is 0 Å². The van der Waals surface area contributed by atoms with Gasteiger partial charge in [0.05, 0.1) is 0 Å². The second kappa shape index (κ2) is 6.64. The van der Waals surface area contributed by atoms with E-state index in [9.17, 15) is 4.21 Å². The van der Waals surface area contributed by atoms with Crippen LogP contribution in [0.1, 0.15) is 39.5 Å². The summed E-state index contributed by atoms with van der Waals surface area (Å²) >= 11 is 0. The van der Waals surface area contributed by atoms with Crippen LogP contribution in [0, 0.1) is 11.8 Å². The highest BCUT2D eigenvalue weighted by molar-refractivity contribution is 7.84. The van der Waals surface area contributed by atoms with Gasteiger partial charge in [-0.15, -0.1) is 0 Å². The van der Waals surface area contributed by atoms with Crippen molar-refractivity contribution >= 4 is 10.8 Å².